The van der Waals surface area contributed by atoms with Crippen molar-refractivity contribution in [3.63, 3.8) is 0 Å². The molecule has 2 rings (SSSR count). The number of nitrogens with two attached hydrogens (primary N) is 1. The average Bonchev–Trinajstić information content (AvgIpc) is 2.49. The number of H-pyrrole nitrogens is 1. The molecular formula is C9H7FN2O. The number of hydrogen-bond donors (Lipinski definition) is 2. The van der Waals surface area contributed by atoms with E-state index >= 15 is 0 Å². The molecule has 0 unspecified atom stereocenters. The molecule has 0 bridgehead atoms. The molecular weight excluding hydrogens is 171 g/mol. The minimum Gasteiger partial charge on any atom is -0.364 e. The highest BCUT2D eigenvalue weighted by molar-refractivity contribution is 5.97. The first-order valence-corrected chi connectivity index (χ1v) is 3.75. The average molecular weight is 178 g/mol. The Morgan fingerprint density at radius 2 is 2.23 bits per heavy atom. The van der Waals surface area contributed by atoms with Crippen molar-refractivity contribution in [2.75, 3.05) is 0 Å². The number of carbonyl (C=O) groups excluding carboxylic acids is 1. The Hall–Kier alpha value is -1.84. The van der Waals surface area contributed by atoms with Gasteiger partial charge in [0.25, 0.3) is 5.91 Å². The minimum absolute atomic E-state index is 0.222. The van der Waals surface area contributed by atoms with Crippen molar-refractivity contribution >= 4 is 16.8 Å². The number of hydrogen-bond acceptors (Lipinski definition) is 1. The van der Waals surface area contributed by atoms with Crippen LogP contribution < -0.4 is 5.73 Å². The van der Waals surface area contributed by atoms with Crippen LogP contribution in [0.2, 0.25) is 0 Å². The molecule has 0 saturated heterocycles. The monoisotopic (exact) mass is 178 g/mol. The first kappa shape index (κ1) is 7.79. The normalized spacial score (nSPS) is 10.5. The lowest BCUT2D eigenvalue weighted by atomic mass is 10.2. The molecule has 0 aliphatic heterocycles. The molecule has 1 aromatic carbocycles. The smallest absolute Gasteiger partial charge is 0.265 e. The molecule has 4 heteroatoms. The first-order chi connectivity index (χ1) is 6.18. The van der Waals surface area contributed by atoms with Crippen molar-refractivity contribution in [1.82, 2.24) is 4.98 Å². The first-order valence-electron chi connectivity index (χ1n) is 3.75. The lowest BCUT2D eigenvalue weighted by Gasteiger charge is -1.89. The van der Waals surface area contributed by atoms with Gasteiger partial charge in [0.15, 0.2) is 0 Å². The molecule has 1 heterocycles. The molecule has 1 amide bonds. The SMILES string of the molecule is NC(=O)c1cc2cccc(F)c2[nH]1. The van der Waals surface area contributed by atoms with E-state index in [1.54, 1.807) is 12.1 Å². The number of benzene rings is 1. The summed E-state index contributed by atoms with van der Waals surface area (Å²) >= 11 is 0. The topological polar surface area (TPSA) is 58.9 Å². The van der Waals surface area contributed by atoms with Crippen LogP contribution >= 0.6 is 0 Å². The number of aromatic amines is 1. The minimum atomic E-state index is -0.587. The molecule has 0 aliphatic rings. The van der Waals surface area contributed by atoms with E-state index < -0.39 is 5.91 Å². The lowest BCUT2D eigenvalue weighted by molar-refractivity contribution is 0.0996. The number of halogens is 1. The van der Waals surface area contributed by atoms with Gasteiger partial charge in [-0.25, -0.2) is 4.39 Å². The summed E-state index contributed by atoms with van der Waals surface area (Å²) in [6.45, 7) is 0. The summed E-state index contributed by atoms with van der Waals surface area (Å²) in [7, 11) is 0. The molecule has 0 spiro atoms. The van der Waals surface area contributed by atoms with Crippen LogP contribution in [-0.4, -0.2) is 10.9 Å². The Kier molecular flexibility index (Phi) is 1.55. The molecule has 66 valence electrons. The summed E-state index contributed by atoms with van der Waals surface area (Å²) in [6, 6.07) is 6.14. The third-order valence-corrected chi connectivity index (χ3v) is 1.87. The molecule has 2 aromatic rings. The predicted molar refractivity (Wildman–Crippen MR) is 46.8 cm³/mol. The van der Waals surface area contributed by atoms with E-state index in [9.17, 15) is 9.18 Å². The van der Waals surface area contributed by atoms with Gasteiger partial charge in [-0.3, -0.25) is 4.79 Å². The molecule has 0 atom stereocenters. The number of amides is 1. The van der Waals surface area contributed by atoms with Crippen molar-refractivity contribution in [2.45, 2.75) is 0 Å². The van der Waals surface area contributed by atoms with Crippen molar-refractivity contribution in [3.8, 4) is 0 Å². The third-order valence-electron chi connectivity index (χ3n) is 1.87. The van der Waals surface area contributed by atoms with Crippen LogP contribution in [0.5, 0.6) is 0 Å². The summed E-state index contributed by atoms with van der Waals surface area (Å²) in [5.74, 6) is -0.972. The molecule has 3 nitrogen and oxygen atoms in total. The lowest BCUT2D eigenvalue weighted by Crippen LogP contribution is -2.10. The quantitative estimate of drug-likeness (QED) is 0.681. The van der Waals surface area contributed by atoms with E-state index in [1.165, 1.54) is 12.1 Å². The number of nitrogens with one attached hydrogen (secondary N) is 1. The Balaban J connectivity index is 2.75. The number of primary amides is 1. The zero-order chi connectivity index (χ0) is 9.42. The Bertz CT molecular complexity index is 475. The summed E-state index contributed by atoms with van der Waals surface area (Å²) in [6.07, 6.45) is 0. The Labute approximate surface area is 73.4 Å². The highest BCUT2D eigenvalue weighted by Crippen LogP contribution is 2.17. The summed E-state index contributed by atoms with van der Waals surface area (Å²) in [5.41, 5.74) is 5.57. The Morgan fingerprint density at radius 1 is 1.46 bits per heavy atom. The van der Waals surface area contributed by atoms with Gasteiger partial charge in [-0.1, -0.05) is 12.1 Å². The van der Waals surface area contributed by atoms with E-state index in [1.807, 2.05) is 0 Å². The van der Waals surface area contributed by atoms with Crippen molar-refractivity contribution < 1.29 is 9.18 Å². The summed E-state index contributed by atoms with van der Waals surface area (Å²) in [5, 5.41) is 0.647. The number of aromatic nitrogens is 1. The van der Waals surface area contributed by atoms with Gasteiger partial charge in [-0.2, -0.15) is 0 Å². The van der Waals surface area contributed by atoms with E-state index in [-0.39, 0.29) is 11.5 Å². The van der Waals surface area contributed by atoms with Crippen LogP contribution in [-0.2, 0) is 0 Å². The second-order valence-electron chi connectivity index (χ2n) is 2.75. The van der Waals surface area contributed by atoms with E-state index in [2.05, 4.69) is 4.98 Å². The van der Waals surface area contributed by atoms with E-state index in [0.717, 1.165) is 0 Å². The second-order valence-corrected chi connectivity index (χ2v) is 2.75. The highest BCUT2D eigenvalue weighted by Gasteiger charge is 2.07. The van der Waals surface area contributed by atoms with E-state index in [4.69, 9.17) is 5.73 Å². The number of carbonyl (C=O) groups is 1. The Morgan fingerprint density at radius 3 is 2.85 bits per heavy atom. The zero-order valence-electron chi connectivity index (χ0n) is 6.67. The molecule has 1 aromatic heterocycles. The summed E-state index contributed by atoms with van der Waals surface area (Å²) in [4.78, 5) is 13.4. The van der Waals surface area contributed by atoms with Crippen LogP contribution in [0.4, 0.5) is 4.39 Å². The molecule has 0 aliphatic carbocycles. The van der Waals surface area contributed by atoms with Crippen LogP contribution in [0.15, 0.2) is 24.3 Å². The van der Waals surface area contributed by atoms with Crippen molar-refractivity contribution in [2.24, 2.45) is 5.73 Å². The molecule has 0 fully saturated rings. The van der Waals surface area contributed by atoms with Crippen LogP contribution in [0.1, 0.15) is 10.5 Å². The van der Waals surface area contributed by atoms with Gasteiger partial charge < -0.3 is 10.7 Å². The summed E-state index contributed by atoms with van der Waals surface area (Å²) < 4.78 is 13.1. The van der Waals surface area contributed by atoms with Gasteiger partial charge in [0.1, 0.15) is 11.5 Å². The van der Waals surface area contributed by atoms with Crippen molar-refractivity contribution in [1.29, 1.82) is 0 Å². The molecule has 3 N–H and O–H groups in total. The largest absolute Gasteiger partial charge is 0.364 e. The van der Waals surface area contributed by atoms with Crippen LogP contribution in [0.25, 0.3) is 10.9 Å². The van der Waals surface area contributed by atoms with Gasteiger partial charge in [-0.15, -0.1) is 0 Å². The number of rotatable bonds is 1. The fourth-order valence-corrected chi connectivity index (χ4v) is 1.25. The molecule has 0 saturated carbocycles. The maximum Gasteiger partial charge on any atom is 0.265 e. The van der Waals surface area contributed by atoms with Gasteiger partial charge >= 0.3 is 0 Å². The third kappa shape index (κ3) is 1.16. The number of fused-ring (bicyclic) bond motifs is 1. The maximum atomic E-state index is 13.1. The second kappa shape index (κ2) is 2.58. The van der Waals surface area contributed by atoms with Gasteiger partial charge in [0.05, 0.1) is 5.52 Å². The van der Waals surface area contributed by atoms with Gasteiger partial charge in [0.2, 0.25) is 0 Å². The maximum absolute atomic E-state index is 13.1. The van der Waals surface area contributed by atoms with Crippen LogP contribution in [0, 0.1) is 5.82 Å². The van der Waals surface area contributed by atoms with Crippen molar-refractivity contribution in [3.05, 3.63) is 35.8 Å². The fraction of sp³-hybridized carbons (Fsp3) is 0. The molecule has 0 radical (unpaired) electrons. The van der Waals surface area contributed by atoms with Gasteiger partial charge in [-0.05, 0) is 12.1 Å². The number of para-hydroxylation sites is 1. The zero-order valence-corrected chi connectivity index (χ0v) is 6.67. The van der Waals surface area contributed by atoms with Crippen LogP contribution in [0.3, 0.4) is 0 Å². The highest BCUT2D eigenvalue weighted by atomic mass is 19.1. The predicted octanol–water partition coefficient (Wildman–Crippen LogP) is 1.41. The molecule has 13 heavy (non-hydrogen) atoms. The van der Waals surface area contributed by atoms with E-state index in [0.29, 0.717) is 10.9 Å². The fourth-order valence-electron chi connectivity index (χ4n) is 1.25. The standard InChI is InChI=1S/C9H7FN2O/c10-6-3-1-2-5-4-7(9(11)13)12-8(5)6/h1-4,12H,(H2,11,13). The van der Waals surface area contributed by atoms with Gasteiger partial charge in [0, 0.05) is 5.39 Å².